The summed E-state index contributed by atoms with van der Waals surface area (Å²) in [6, 6.07) is 7.77. The maximum Gasteiger partial charge on any atom is 0.182 e. The highest BCUT2D eigenvalue weighted by Crippen LogP contribution is 2.18. The van der Waals surface area contributed by atoms with Crippen molar-refractivity contribution >= 4 is 11.5 Å². The van der Waals surface area contributed by atoms with Gasteiger partial charge in [-0.15, -0.1) is 0 Å². The van der Waals surface area contributed by atoms with E-state index in [9.17, 15) is 0 Å². The Balaban J connectivity index is 1.46. The van der Waals surface area contributed by atoms with E-state index in [-0.39, 0.29) is 0 Å². The summed E-state index contributed by atoms with van der Waals surface area (Å²) < 4.78 is 1.81. The van der Waals surface area contributed by atoms with Gasteiger partial charge in [0.25, 0.3) is 0 Å². The first-order valence-corrected chi connectivity index (χ1v) is 8.61. The topological polar surface area (TPSA) is 96.7 Å². The molecule has 4 heterocycles. The minimum absolute atomic E-state index is 0.353. The third-order valence-corrected chi connectivity index (χ3v) is 4.09. The predicted octanol–water partition coefficient (Wildman–Crippen LogP) is 2.69. The average Bonchev–Trinajstić information content (AvgIpc) is 3.31. The quantitative estimate of drug-likeness (QED) is 0.556. The van der Waals surface area contributed by atoms with Crippen molar-refractivity contribution in [2.45, 2.75) is 26.2 Å². The largest absolute Gasteiger partial charge is 0.369 e. The zero-order valence-corrected chi connectivity index (χ0v) is 14.7. The van der Waals surface area contributed by atoms with Crippen LogP contribution < -0.4 is 5.32 Å². The monoisotopic (exact) mass is 348 g/mol. The summed E-state index contributed by atoms with van der Waals surface area (Å²) in [7, 11) is 0. The molecule has 2 N–H and O–H groups in total. The van der Waals surface area contributed by atoms with Gasteiger partial charge in [0.1, 0.15) is 11.6 Å². The van der Waals surface area contributed by atoms with Crippen LogP contribution in [0.15, 0.2) is 42.9 Å². The number of H-pyrrole nitrogens is 1. The lowest BCUT2D eigenvalue weighted by molar-refractivity contribution is 0.805. The lowest BCUT2D eigenvalue weighted by atomic mass is 10.1. The van der Waals surface area contributed by atoms with Crippen LogP contribution in [0.5, 0.6) is 0 Å². The van der Waals surface area contributed by atoms with Gasteiger partial charge in [-0.1, -0.05) is 13.8 Å². The van der Waals surface area contributed by atoms with Crippen molar-refractivity contribution in [1.82, 2.24) is 34.8 Å². The van der Waals surface area contributed by atoms with Crippen LogP contribution in [-0.4, -0.2) is 41.3 Å². The normalized spacial score (nSPS) is 11.3. The molecule has 0 spiro atoms. The summed E-state index contributed by atoms with van der Waals surface area (Å²) >= 11 is 0. The Morgan fingerprint density at radius 2 is 2.12 bits per heavy atom. The van der Waals surface area contributed by atoms with E-state index in [1.54, 1.807) is 18.6 Å². The zero-order valence-electron chi connectivity index (χ0n) is 14.7. The second kappa shape index (κ2) is 6.91. The summed E-state index contributed by atoms with van der Waals surface area (Å²) in [4.78, 5) is 13.2. The SMILES string of the molecule is CC(C)c1cc(NCCc2nc(-c3cccnc3)n[nH]2)n2nccc2n1. The first-order chi connectivity index (χ1) is 12.7. The van der Waals surface area contributed by atoms with Crippen LogP contribution in [0, 0.1) is 0 Å². The zero-order chi connectivity index (χ0) is 17.9. The molecule has 8 nitrogen and oxygen atoms in total. The highest BCUT2D eigenvalue weighted by Gasteiger charge is 2.10. The number of hydrogen-bond donors (Lipinski definition) is 2. The number of nitrogens with zero attached hydrogens (tertiary/aromatic N) is 6. The third kappa shape index (κ3) is 3.26. The van der Waals surface area contributed by atoms with Crippen LogP contribution in [-0.2, 0) is 6.42 Å². The molecule has 4 aromatic rings. The molecule has 0 amide bonds. The van der Waals surface area contributed by atoms with Gasteiger partial charge in [0.15, 0.2) is 11.5 Å². The van der Waals surface area contributed by atoms with Crippen LogP contribution >= 0.6 is 0 Å². The van der Waals surface area contributed by atoms with Gasteiger partial charge in [-0.2, -0.15) is 14.7 Å². The Bertz CT molecular complexity index is 1000. The van der Waals surface area contributed by atoms with Gasteiger partial charge in [-0.05, 0) is 18.1 Å². The van der Waals surface area contributed by atoms with Crippen LogP contribution in [0.1, 0.15) is 31.3 Å². The van der Waals surface area contributed by atoms with Gasteiger partial charge < -0.3 is 5.32 Å². The molecule has 8 heteroatoms. The molecule has 4 aromatic heterocycles. The second-order valence-corrected chi connectivity index (χ2v) is 6.35. The standard InChI is InChI=1S/C18H20N8/c1-12(2)14-10-17(26-16(22-14)6-9-21-26)20-8-5-15-23-18(25-24-15)13-4-3-7-19-11-13/h3-4,6-7,9-12,20H,5,8H2,1-2H3,(H,23,24,25). The van der Waals surface area contributed by atoms with E-state index < -0.39 is 0 Å². The van der Waals surface area contributed by atoms with Gasteiger partial charge in [-0.3, -0.25) is 10.1 Å². The van der Waals surface area contributed by atoms with Crippen LogP contribution in [0.25, 0.3) is 17.0 Å². The van der Waals surface area contributed by atoms with Crippen LogP contribution in [0.4, 0.5) is 5.82 Å². The maximum absolute atomic E-state index is 4.62. The molecule has 26 heavy (non-hydrogen) atoms. The molecule has 0 aliphatic rings. The molecule has 0 bridgehead atoms. The fraction of sp³-hybridized carbons (Fsp3) is 0.278. The Kier molecular flexibility index (Phi) is 4.30. The van der Waals surface area contributed by atoms with E-state index >= 15 is 0 Å². The first-order valence-electron chi connectivity index (χ1n) is 8.61. The molecule has 0 radical (unpaired) electrons. The Labute approximate surface area is 150 Å². The second-order valence-electron chi connectivity index (χ2n) is 6.35. The molecular formula is C18H20N8. The minimum Gasteiger partial charge on any atom is -0.369 e. The summed E-state index contributed by atoms with van der Waals surface area (Å²) in [6.45, 7) is 4.97. The number of hydrogen-bond acceptors (Lipinski definition) is 6. The molecule has 0 aromatic carbocycles. The average molecular weight is 348 g/mol. The lowest BCUT2D eigenvalue weighted by Crippen LogP contribution is -2.11. The summed E-state index contributed by atoms with van der Waals surface area (Å²) in [5.74, 6) is 2.77. The number of anilines is 1. The fourth-order valence-corrected chi connectivity index (χ4v) is 2.69. The van der Waals surface area contributed by atoms with E-state index in [2.05, 4.69) is 49.4 Å². The van der Waals surface area contributed by atoms with Crippen molar-refractivity contribution in [2.24, 2.45) is 0 Å². The van der Waals surface area contributed by atoms with Crippen molar-refractivity contribution in [2.75, 3.05) is 11.9 Å². The van der Waals surface area contributed by atoms with E-state index in [0.29, 0.717) is 18.3 Å². The van der Waals surface area contributed by atoms with Gasteiger partial charge in [0.2, 0.25) is 0 Å². The van der Waals surface area contributed by atoms with Gasteiger partial charge in [-0.25, -0.2) is 9.97 Å². The van der Waals surface area contributed by atoms with Crippen molar-refractivity contribution in [3.05, 3.63) is 54.4 Å². The highest BCUT2D eigenvalue weighted by molar-refractivity contribution is 5.52. The van der Waals surface area contributed by atoms with E-state index in [1.807, 2.05) is 28.8 Å². The van der Waals surface area contributed by atoms with Crippen molar-refractivity contribution in [3.8, 4) is 11.4 Å². The molecule has 132 valence electrons. The van der Waals surface area contributed by atoms with Gasteiger partial charge >= 0.3 is 0 Å². The van der Waals surface area contributed by atoms with Gasteiger partial charge in [0, 0.05) is 48.7 Å². The van der Waals surface area contributed by atoms with Crippen molar-refractivity contribution in [3.63, 3.8) is 0 Å². The fourth-order valence-electron chi connectivity index (χ4n) is 2.69. The number of aromatic nitrogens is 7. The summed E-state index contributed by atoms with van der Waals surface area (Å²) in [5, 5.41) is 15.0. The number of aromatic amines is 1. The number of fused-ring (bicyclic) bond motifs is 1. The minimum atomic E-state index is 0.353. The molecule has 0 saturated carbocycles. The molecular weight excluding hydrogens is 328 g/mol. The van der Waals surface area contributed by atoms with E-state index in [0.717, 1.165) is 35.0 Å². The highest BCUT2D eigenvalue weighted by atomic mass is 15.3. The van der Waals surface area contributed by atoms with Crippen LogP contribution in [0.2, 0.25) is 0 Å². The Morgan fingerprint density at radius 1 is 1.19 bits per heavy atom. The maximum atomic E-state index is 4.62. The van der Waals surface area contributed by atoms with Gasteiger partial charge in [0.05, 0.1) is 6.20 Å². The Hall–Kier alpha value is -3.29. The molecule has 0 aliphatic heterocycles. The Morgan fingerprint density at radius 3 is 2.92 bits per heavy atom. The lowest BCUT2D eigenvalue weighted by Gasteiger charge is -2.11. The molecule has 0 fully saturated rings. The third-order valence-electron chi connectivity index (χ3n) is 4.09. The number of rotatable bonds is 6. The van der Waals surface area contributed by atoms with E-state index in [1.165, 1.54) is 0 Å². The van der Waals surface area contributed by atoms with Crippen LogP contribution in [0.3, 0.4) is 0 Å². The van der Waals surface area contributed by atoms with Crippen molar-refractivity contribution < 1.29 is 0 Å². The summed E-state index contributed by atoms with van der Waals surface area (Å²) in [6.07, 6.45) is 5.96. The van der Waals surface area contributed by atoms with E-state index in [4.69, 9.17) is 0 Å². The molecule has 4 rings (SSSR count). The molecule has 0 atom stereocenters. The first kappa shape index (κ1) is 16.2. The molecule has 0 saturated heterocycles. The summed E-state index contributed by atoms with van der Waals surface area (Å²) in [5.41, 5.74) is 2.79. The predicted molar refractivity (Wildman–Crippen MR) is 98.9 cm³/mol. The smallest absolute Gasteiger partial charge is 0.182 e. The molecule has 0 aliphatic carbocycles. The molecule has 0 unspecified atom stereocenters. The number of nitrogens with one attached hydrogen (secondary N) is 2. The number of pyridine rings is 1. The van der Waals surface area contributed by atoms with Crippen molar-refractivity contribution in [1.29, 1.82) is 0 Å².